The Kier molecular flexibility index (Phi) is 3.34. The van der Waals surface area contributed by atoms with E-state index in [1.165, 1.54) is 0 Å². The summed E-state index contributed by atoms with van der Waals surface area (Å²) < 4.78 is 17.0. The van der Waals surface area contributed by atoms with Crippen molar-refractivity contribution in [3.63, 3.8) is 0 Å². The number of methoxy groups -OCH3 is 1. The number of rotatable bonds is 2. The molecule has 0 amide bonds. The fourth-order valence-corrected chi connectivity index (χ4v) is 1.92. The number of hydrogen-bond donors (Lipinski definition) is 0. The molecule has 18 heavy (non-hydrogen) atoms. The molecule has 0 saturated carbocycles. The molecule has 0 spiro atoms. The van der Waals surface area contributed by atoms with E-state index in [0.717, 1.165) is 5.46 Å². The number of aromatic nitrogens is 1. The Labute approximate surface area is 113 Å². The van der Waals surface area contributed by atoms with Crippen LogP contribution in [0.4, 0.5) is 0 Å². The Balaban J connectivity index is 2.32. The van der Waals surface area contributed by atoms with Gasteiger partial charge in [0.1, 0.15) is 5.15 Å². The molecule has 1 aromatic rings. The van der Waals surface area contributed by atoms with Gasteiger partial charge >= 0.3 is 7.12 Å². The van der Waals surface area contributed by atoms with Gasteiger partial charge in [0.05, 0.1) is 18.3 Å². The predicted molar refractivity (Wildman–Crippen MR) is 71.5 cm³/mol. The summed E-state index contributed by atoms with van der Waals surface area (Å²) in [6.07, 6.45) is 0. The summed E-state index contributed by atoms with van der Waals surface area (Å²) in [6.45, 7) is 8.03. The van der Waals surface area contributed by atoms with Gasteiger partial charge in [-0.15, -0.1) is 0 Å². The van der Waals surface area contributed by atoms with E-state index in [1.807, 2.05) is 27.7 Å². The molecular weight excluding hydrogens is 252 g/mol. The molecule has 1 fully saturated rings. The highest BCUT2D eigenvalue weighted by atomic mass is 35.5. The lowest BCUT2D eigenvalue weighted by molar-refractivity contribution is 0.00578. The van der Waals surface area contributed by atoms with Crippen molar-refractivity contribution in [1.29, 1.82) is 0 Å². The molecule has 4 nitrogen and oxygen atoms in total. The predicted octanol–water partition coefficient (Wildman–Crippen LogP) is 2.04. The summed E-state index contributed by atoms with van der Waals surface area (Å²) in [5, 5.41) is 0.360. The summed E-state index contributed by atoms with van der Waals surface area (Å²) >= 11 is 5.95. The van der Waals surface area contributed by atoms with Crippen LogP contribution < -0.4 is 10.2 Å². The van der Waals surface area contributed by atoms with E-state index in [2.05, 4.69) is 4.98 Å². The van der Waals surface area contributed by atoms with Crippen molar-refractivity contribution < 1.29 is 14.0 Å². The third-order valence-electron chi connectivity index (χ3n) is 3.53. The summed E-state index contributed by atoms with van der Waals surface area (Å²) in [4.78, 5) is 4.03. The zero-order valence-electron chi connectivity index (χ0n) is 11.3. The van der Waals surface area contributed by atoms with E-state index >= 15 is 0 Å². The second-order valence-electron chi connectivity index (χ2n) is 5.35. The van der Waals surface area contributed by atoms with Crippen LogP contribution in [-0.2, 0) is 9.31 Å². The molecular formula is C12H17BClNO3. The first-order valence-electron chi connectivity index (χ1n) is 5.82. The lowest BCUT2D eigenvalue weighted by atomic mass is 9.80. The quantitative estimate of drug-likeness (QED) is 0.608. The molecule has 6 heteroatoms. The zero-order chi connectivity index (χ0) is 13.6. The van der Waals surface area contributed by atoms with Crippen LogP contribution >= 0.6 is 11.6 Å². The monoisotopic (exact) mass is 269 g/mol. The van der Waals surface area contributed by atoms with E-state index in [0.29, 0.717) is 11.0 Å². The minimum Gasteiger partial charge on any atom is -0.481 e. The lowest BCUT2D eigenvalue weighted by Crippen LogP contribution is -2.41. The Morgan fingerprint density at radius 1 is 1.17 bits per heavy atom. The van der Waals surface area contributed by atoms with Crippen LogP contribution in [-0.4, -0.2) is 30.4 Å². The molecule has 0 bridgehead atoms. The van der Waals surface area contributed by atoms with Crippen molar-refractivity contribution in [3.8, 4) is 5.88 Å². The molecule has 1 aliphatic rings. The van der Waals surface area contributed by atoms with E-state index in [4.69, 9.17) is 25.6 Å². The molecule has 2 rings (SSSR count). The average molecular weight is 270 g/mol. The van der Waals surface area contributed by atoms with E-state index in [-0.39, 0.29) is 11.2 Å². The van der Waals surface area contributed by atoms with E-state index in [1.54, 1.807) is 19.2 Å². The molecule has 0 atom stereocenters. The number of pyridine rings is 1. The topological polar surface area (TPSA) is 40.6 Å². The van der Waals surface area contributed by atoms with E-state index < -0.39 is 7.12 Å². The van der Waals surface area contributed by atoms with Crippen LogP contribution in [0, 0.1) is 0 Å². The zero-order valence-corrected chi connectivity index (χ0v) is 12.0. The third kappa shape index (κ3) is 2.35. The molecule has 0 aromatic carbocycles. The van der Waals surface area contributed by atoms with Gasteiger partial charge in [-0.1, -0.05) is 11.6 Å². The molecule has 0 unspecified atom stereocenters. The fourth-order valence-electron chi connectivity index (χ4n) is 1.71. The second kappa shape index (κ2) is 4.40. The Hall–Kier alpha value is -0.775. The largest absolute Gasteiger partial charge is 0.495 e. The van der Waals surface area contributed by atoms with Gasteiger partial charge in [-0.25, -0.2) is 4.98 Å². The molecule has 1 aliphatic heterocycles. The summed E-state index contributed by atoms with van der Waals surface area (Å²) in [5.41, 5.74) is 0.0619. The van der Waals surface area contributed by atoms with Crippen molar-refractivity contribution in [3.05, 3.63) is 17.3 Å². The average Bonchev–Trinajstić information content (AvgIpc) is 2.47. The maximum Gasteiger partial charge on any atom is 0.495 e. The number of ether oxygens (including phenoxy) is 1. The normalized spacial score (nSPS) is 21.1. The Morgan fingerprint density at radius 3 is 2.22 bits per heavy atom. The number of nitrogens with zero attached hydrogens (tertiary/aromatic N) is 1. The van der Waals surface area contributed by atoms with Crippen molar-refractivity contribution in [1.82, 2.24) is 4.98 Å². The molecule has 2 heterocycles. The van der Waals surface area contributed by atoms with Crippen LogP contribution in [0.25, 0.3) is 0 Å². The van der Waals surface area contributed by atoms with Gasteiger partial charge in [0.2, 0.25) is 5.88 Å². The highest BCUT2D eigenvalue weighted by Gasteiger charge is 2.51. The van der Waals surface area contributed by atoms with Gasteiger partial charge in [-0.3, -0.25) is 0 Å². The minimum atomic E-state index is -0.454. The Morgan fingerprint density at radius 2 is 1.72 bits per heavy atom. The van der Waals surface area contributed by atoms with Gasteiger partial charge in [0, 0.05) is 6.07 Å². The molecule has 1 aromatic heterocycles. The van der Waals surface area contributed by atoms with Crippen LogP contribution in [0.2, 0.25) is 5.15 Å². The molecule has 0 N–H and O–H groups in total. The summed E-state index contributed by atoms with van der Waals surface area (Å²) in [5.74, 6) is 0.451. The minimum absolute atomic E-state index is 0.360. The Bertz CT molecular complexity index is 449. The molecule has 0 radical (unpaired) electrons. The maximum absolute atomic E-state index is 5.95. The van der Waals surface area contributed by atoms with Gasteiger partial charge < -0.3 is 14.0 Å². The van der Waals surface area contributed by atoms with Crippen molar-refractivity contribution in [2.75, 3.05) is 7.11 Å². The maximum atomic E-state index is 5.95. The standard InChI is InChI=1S/C12H17BClNO3/c1-11(2)12(3,4)18-13(17-11)8-6-9(14)15-10(7-8)16-5/h6-7H,1-5H3. The first-order chi connectivity index (χ1) is 8.25. The van der Waals surface area contributed by atoms with E-state index in [9.17, 15) is 0 Å². The molecule has 98 valence electrons. The lowest BCUT2D eigenvalue weighted by Gasteiger charge is -2.32. The van der Waals surface area contributed by atoms with Crippen molar-refractivity contribution in [2.45, 2.75) is 38.9 Å². The second-order valence-corrected chi connectivity index (χ2v) is 5.74. The van der Waals surface area contributed by atoms with Crippen LogP contribution in [0.1, 0.15) is 27.7 Å². The molecule has 0 aliphatic carbocycles. The van der Waals surface area contributed by atoms with Crippen LogP contribution in [0.15, 0.2) is 12.1 Å². The number of halogens is 1. The SMILES string of the molecule is COc1cc(B2OC(C)(C)C(C)(C)O2)cc(Cl)n1. The summed E-state index contributed by atoms with van der Waals surface area (Å²) in [6, 6.07) is 3.50. The highest BCUT2D eigenvalue weighted by molar-refractivity contribution is 6.62. The first kappa shape index (κ1) is 13.7. The van der Waals surface area contributed by atoms with Gasteiger partial charge in [-0.2, -0.15) is 0 Å². The fraction of sp³-hybridized carbons (Fsp3) is 0.583. The molecule has 1 saturated heterocycles. The van der Waals surface area contributed by atoms with Crippen molar-refractivity contribution in [2.24, 2.45) is 0 Å². The van der Waals surface area contributed by atoms with Crippen LogP contribution in [0.5, 0.6) is 5.88 Å². The third-order valence-corrected chi connectivity index (χ3v) is 3.72. The van der Waals surface area contributed by atoms with Crippen LogP contribution in [0.3, 0.4) is 0 Å². The summed E-state index contributed by atoms with van der Waals surface area (Å²) in [7, 11) is 1.09. The smallest absolute Gasteiger partial charge is 0.481 e. The number of hydrogen-bond acceptors (Lipinski definition) is 4. The van der Waals surface area contributed by atoms with Gasteiger partial charge in [-0.05, 0) is 39.2 Å². The first-order valence-corrected chi connectivity index (χ1v) is 6.20. The highest BCUT2D eigenvalue weighted by Crippen LogP contribution is 2.36. The van der Waals surface area contributed by atoms with Gasteiger partial charge in [0.25, 0.3) is 0 Å². The van der Waals surface area contributed by atoms with Crippen molar-refractivity contribution >= 4 is 24.2 Å². The van der Waals surface area contributed by atoms with Gasteiger partial charge in [0.15, 0.2) is 0 Å².